The van der Waals surface area contributed by atoms with Crippen LogP contribution in [-0.2, 0) is 24.3 Å². The highest BCUT2D eigenvalue weighted by molar-refractivity contribution is 8.26. The Morgan fingerprint density at radius 3 is 2.37 bits per heavy atom. The van der Waals surface area contributed by atoms with E-state index in [0.717, 1.165) is 67.7 Å². The number of rotatable bonds is 9. The van der Waals surface area contributed by atoms with Crippen LogP contribution in [0.1, 0.15) is 66.0 Å². The van der Waals surface area contributed by atoms with E-state index in [0.29, 0.717) is 33.8 Å². The number of unbranched alkanes of at least 4 members (excludes halogenated alkanes) is 1. The van der Waals surface area contributed by atoms with E-state index in [1.54, 1.807) is 9.47 Å². The minimum atomic E-state index is -0.251. The SMILES string of the molecule is CCCCn1c(N2CCC(Cc3ccccc3)CC2)c(/C=C2/SC(=S)N(Cc3ccc(C)cc3)C2=O)c(C)c(C#N)c1=O. The van der Waals surface area contributed by atoms with E-state index >= 15 is 0 Å². The molecule has 0 radical (unpaired) electrons. The normalized spacial score (nSPS) is 16.7. The second kappa shape index (κ2) is 13.7. The molecular weight excluding hydrogens is 573 g/mol. The van der Waals surface area contributed by atoms with Gasteiger partial charge < -0.3 is 4.90 Å². The molecule has 8 heteroatoms. The van der Waals surface area contributed by atoms with Crippen LogP contribution < -0.4 is 10.5 Å². The lowest BCUT2D eigenvalue weighted by molar-refractivity contribution is -0.122. The molecule has 5 rings (SSSR count). The molecule has 3 aromatic rings. The number of carbonyl (C=O) groups is 1. The van der Waals surface area contributed by atoms with Gasteiger partial charge in [0.25, 0.3) is 11.5 Å². The first-order valence-corrected chi connectivity index (χ1v) is 16.3. The van der Waals surface area contributed by atoms with Crippen LogP contribution in [0.5, 0.6) is 0 Å². The number of hydrogen-bond acceptors (Lipinski definition) is 6. The Morgan fingerprint density at radius 2 is 1.72 bits per heavy atom. The third-order valence-electron chi connectivity index (χ3n) is 8.47. The van der Waals surface area contributed by atoms with Crippen molar-refractivity contribution in [2.75, 3.05) is 18.0 Å². The fourth-order valence-corrected chi connectivity index (χ4v) is 7.19. The molecule has 3 heterocycles. The highest BCUT2D eigenvalue weighted by Gasteiger charge is 2.34. The number of nitriles is 1. The number of amides is 1. The molecule has 0 unspecified atom stereocenters. The Bertz CT molecular complexity index is 1630. The topological polar surface area (TPSA) is 69.3 Å². The van der Waals surface area contributed by atoms with Crippen molar-refractivity contribution in [3.63, 3.8) is 0 Å². The third-order valence-corrected chi connectivity index (χ3v) is 9.85. The van der Waals surface area contributed by atoms with Gasteiger partial charge in [-0.15, -0.1) is 0 Å². The zero-order valence-corrected chi connectivity index (χ0v) is 26.8. The van der Waals surface area contributed by atoms with Crippen LogP contribution >= 0.6 is 24.0 Å². The van der Waals surface area contributed by atoms with Crippen molar-refractivity contribution in [3.05, 3.63) is 103 Å². The van der Waals surface area contributed by atoms with Crippen LogP contribution in [0, 0.1) is 31.1 Å². The zero-order valence-electron chi connectivity index (χ0n) is 25.1. The van der Waals surface area contributed by atoms with Gasteiger partial charge in [-0.05, 0) is 68.2 Å². The molecule has 1 amide bonds. The summed E-state index contributed by atoms with van der Waals surface area (Å²) in [6.45, 7) is 8.51. The molecule has 0 N–H and O–H groups in total. The van der Waals surface area contributed by atoms with Gasteiger partial charge in [-0.25, -0.2) is 0 Å². The maximum absolute atomic E-state index is 13.7. The number of anilines is 1. The third kappa shape index (κ3) is 6.79. The standard InChI is InChI=1S/C35H38N4O2S2/c1-4-5-17-38-32(37-18-15-27(16-19-37)20-26-9-7-6-8-10-26)29(25(3)30(22-36)33(38)40)21-31-34(41)39(35(42)43-31)23-28-13-11-24(2)12-14-28/h6-14,21,27H,4-5,15-20,23H2,1-3H3/b31-21+. The van der Waals surface area contributed by atoms with E-state index in [9.17, 15) is 14.9 Å². The van der Waals surface area contributed by atoms with Gasteiger partial charge in [-0.3, -0.25) is 19.1 Å². The number of nitrogens with zero attached hydrogens (tertiary/aromatic N) is 4. The molecule has 0 atom stereocenters. The quantitative estimate of drug-likeness (QED) is 0.192. The molecule has 222 valence electrons. The summed E-state index contributed by atoms with van der Waals surface area (Å²) in [6, 6.07) is 20.9. The van der Waals surface area contributed by atoms with Crippen LogP contribution in [0.3, 0.4) is 0 Å². The van der Waals surface area contributed by atoms with Crippen LogP contribution in [-0.4, -0.2) is 32.8 Å². The van der Waals surface area contributed by atoms with Gasteiger partial charge in [0.05, 0.1) is 11.4 Å². The van der Waals surface area contributed by atoms with Gasteiger partial charge in [0.2, 0.25) is 0 Å². The van der Waals surface area contributed by atoms with Crippen LogP contribution in [0.2, 0.25) is 0 Å². The molecular formula is C35H38N4O2S2. The minimum absolute atomic E-state index is 0.139. The molecule has 6 nitrogen and oxygen atoms in total. The molecule has 0 saturated carbocycles. The van der Waals surface area contributed by atoms with Crippen molar-refractivity contribution in [3.8, 4) is 6.07 Å². The van der Waals surface area contributed by atoms with Crippen molar-refractivity contribution in [1.29, 1.82) is 5.26 Å². The van der Waals surface area contributed by atoms with Gasteiger partial charge in [0.15, 0.2) is 0 Å². The van der Waals surface area contributed by atoms with Crippen molar-refractivity contribution in [1.82, 2.24) is 9.47 Å². The Kier molecular flexibility index (Phi) is 9.84. The fraction of sp³-hybridized carbons (Fsp3) is 0.371. The Morgan fingerprint density at radius 1 is 1.02 bits per heavy atom. The average molecular weight is 611 g/mol. The van der Waals surface area contributed by atoms with Crippen molar-refractivity contribution in [2.24, 2.45) is 5.92 Å². The lowest BCUT2D eigenvalue weighted by Crippen LogP contribution is -2.40. The molecule has 2 aliphatic rings. The predicted molar refractivity (Wildman–Crippen MR) is 180 cm³/mol. The summed E-state index contributed by atoms with van der Waals surface area (Å²) in [5.41, 5.74) is 4.79. The number of hydrogen-bond donors (Lipinski definition) is 0. The summed E-state index contributed by atoms with van der Waals surface area (Å²) < 4.78 is 2.29. The van der Waals surface area contributed by atoms with E-state index < -0.39 is 0 Å². The predicted octanol–water partition coefficient (Wildman–Crippen LogP) is 7.00. The number of aromatic nitrogens is 1. The number of piperidine rings is 1. The van der Waals surface area contributed by atoms with Crippen molar-refractivity contribution in [2.45, 2.75) is 66.0 Å². The monoisotopic (exact) mass is 610 g/mol. The largest absolute Gasteiger partial charge is 0.357 e. The summed E-state index contributed by atoms with van der Waals surface area (Å²) in [5, 5.41) is 10.0. The first kappa shape index (κ1) is 30.8. The van der Waals surface area contributed by atoms with E-state index in [1.807, 2.05) is 50.3 Å². The molecule has 2 fully saturated rings. The van der Waals surface area contributed by atoms with E-state index in [2.05, 4.69) is 42.2 Å². The second-order valence-electron chi connectivity index (χ2n) is 11.5. The molecule has 0 aliphatic carbocycles. The summed E-state index contributed by atoms with van der Waals surface area (Å²) in [5.74, 6) is 1.24. The Hall–Kier alpha value is -3.67. The lowest BCUT2D eigenvalue weighted by atomic mass is 9.90. The molecule has 1 aromatic heterocycles. The summed E-state index contributed by atoms with van der Waals surface area (Å²) in [7, 11) is 0. The van der Waals surface area contributed by atoms with Gasteiger partial charge in [0.1, 0.15) is 21.8 Å². The maximum Gasteiger partial charge on any atom is 0.270 e. The highest BCUT2D eigenvalue weighted by atomic mass is 32.2. The smallest absolute Gasteiger partial charge is 0.270 e. The number of pyridine rings is 1. The average Bonchev–Trinajstić information content (AvgIpc) is 3.27. The molecule has 2 saturated heterocycles. The minimum Gasteiger partial charge on any atom is -0.357 e. The van der Waals surface area contributed by atoms with E-state index in [1.165, 1.54) is 17.3 Å². The number of benzene rings is 2. The maximum atomic E-state index is 13.7. The number of thiocarbonyl (C=S) groups is 1. The first-order chi connectivity index (χ1) is 20.8. The first-order valence-electron chi connectivity index (χ1n) is 15.1. The molecule has 2 aliphatic heterocycles. The van der Waals surface area contributed by atoms with E-state index in [4.69, 9.17) is 12.2 Å². The highest BCUT2D eigenvalue weighted by Crippen LogP contribution is 2.37. The molecule has 2 aromatic carbocycles. The van der Waals surface area contributed by atoms with Crippen molar-refractivity contribution < 1.29 is 4.79 Å². The van der Waals surface area contributed by atoms with E-state index in [-0.39, 0.29) is 17.0 Å². The molecule has 0 spiro atoms. The van der Waals surface area contributed by atoms with Gasteiger partial charge in [-0.1, -0.05) is 97.5 Å². The molecule has 0 bridgehead atoms. The Labute approximate surface area is 264 Å². The number of aryl methyl sites for hydroxylation is 1. The summed E-state index contributed by atoms with van der Waals surface area (Å²) in [4.78, 5) is 31.8. The van der Waals surface area contributed by atoms with Crippen LogP contribution in [0.4, 0.5) is 5.82 Å². The van der Waals surface area contributed by atoms with Gasteiger partial charge >= 0.3 is 0 Å². The lowest BCUT2D eigenvalue weighted by Gasteiger charge is -2.36. The summed E-state index contributed by atoms with van der Waals surface area (Å²) >= 11 is 6.94. The number of thioether (sulfide) groups is 1. The Balaban J connectivity index is 1.50. The zero-order chi connectivity index (χ0) is 30.5. The van der Waals surface area contributed by atoms with Crippen LogP contribution in [0.15, 0.2) is 64.3 Å². The van der Waals surface area contributed by atoms with Gasteiger partial charge in [-0.2, -0.15) is 5.26 Å². The fourth-order valence-electron chi connectivity index (χ4n) is 5.95. The second-order valence-corrected chi connectivity index (χ2v) is 13.2. The van der Waals surface area contributed by atoms with Gasteiger partial charge in [0, 0.05) is 25.2 Å². The summed E-state index contributed by atoms with van der Waals surface area (Å²) in [6.07, 6.45) is 6.68. The number of carbonyl (C=O) groups excluding carboxylic acids is 1. The molecule has 43 heavy (non-hydrogen) atoms. The van der Waals surface area contributed by atoms with Crippen molar-refractivity contribution >= 4 is 46.1 Å². The van der Waals surface area contributed by atoms with Crippen LogP contribution in [0.25, 0.3) is 6.08 Å².